The van der Waals surface area contributed by atoms with Gasteiger partial charge in [-0.1, -0.05) is 58.3 Å². The molecule has 3 rings (SSSR count). The van der Waals surface area contributed by atoms with Gasteiger partial charge in [-0.2, -0.15) is 4.99 Å². The summed E-state index contributed by atoms with van der Waals surface area (Å²) in [5.41, 5.74) is 4.04. The van der Waals surface area contributed by atoms with Crippen molar-refractivity contribution in [1.82, 2.24) is 4.57 Å². The van der Waals surface area contributed by atoms with E-state index in [0.717, 1.165) is 26.9 Å². The van der Waals surface area contributed by atoms with Gasteiger partial charge in [-0.3, -0.25) is 4.79 Å². The highest BCUT2D eigenvalue weighted by Gasteiger charge is 2.11. The summed E-state index contributed by atoms with van der Waals surface area (Å²) in [6.45, 7) is 4.02. The highest BCUT2D eigenvalue weighted by atomic mass is 35.5. The molecule has 0 fully saturated rings. The van der Waals surface area contributed by atoms with Crippen LogP contribution in [0.2, 0.25) is 10.0 Å². The number of thiazole rings is 1. The fraction of sp³-hybridized carbons (Fsp3) is 0.222. The first-order chi connectivity index (χ1) is 11.4. The number of amides is 1. The predicted molar refractivity (Wildman–Crippen MR) is 101 cm³/mol. The lowest BCUT2D eigenvalue weighted by atomic mass is 10.0. The number of hydrogen-bond acceptors (Lipinski definition) is 2. The van der Waals surface area contributed by atoms with Crippen LogP contribution in [0, 0.1) is 13.8 Å². The maximum atomic E-state index is 12.4. The van der Waals surface area contributed by atoms with Gasteiger partial charge in [-0.15, -0.1) is 0 Å². The molecule has 0 N–H and O–H groups in total. The zero-order valence-electron chi connectivity index (χ0n) is 13.6. The Morgan fingerprint density at radius 2 is 1.96 bits per heavy atom. The van der Waals surface area contributed by atoms with Crippen molar-refractivity contribution in [2.75, 3.05) is 0 Å². The zero-order valence-corrected chi connectivity index (χ0v) is 15.9. The van der Waals surface area contributed by atoms with Crippen molar-refractivity contribution in [2.45, 2.75) is 20.3 Å². The number of aryl methyl sites for hydroxylation is 3. The maximum absolute atomic E-state index is 12.4. The van der Waals surface area contributed by atoms with Crippen molar-refractivity contribution in [3.05, 3.63) is 61.9 Å². The molecule has 3 aromatic rings. The average molecular weight is 379 g/mol. The molecule has 1 amide bonds. The van der Waals surface area contributed by atoms with Gasteiger partial charge >= 0.3 is 0 Å². The molecule has 2 aromatic carbocycles. The van der Waals surface area contributed by atoms with Crippen LogP contribution in [0.1, 0.15) is 16.7 Å². The monoisotopic (exact) mass is 378 g/mol. The van der Waals surface area contributed by atoms with Crippen molar-refractivity contribution in [3.63, 3.8) is 0 Å². The van der Waals surface area contributed by atoms with Gasteiger partial charge in [-0.05, 0) is 37.1 Å². The molecule has 0 radical (unpaired) electrons. The third-order valence-electron chi connectivity index (χ3n) is 3.92. The number of rotatable bonds is 2. The molecule has 0 bridgehead atoms. The van der Waals surface area contributed by atoms with Gasteiger partial charge in [0.1, 0.15) is 0 Å². The van der Waals surface area contributed by atoms with Crippen LogP contribution in [0.5, 0.6) is 0 Å². The van der Waals surface area contributed by atoms with Crippen molar-refractivity contribution in [1.29, 1.82) is 0 Å². The molecule has 0 aliphatic carbocycles. The standard InChI is InChI=1S/C18H16Cl2N2OS/c1-10-4-5-11(2)12(8-10)9-15(23)21-18-22(3)17-14(24-18)7-6-13(19)16(17)20/h4-8H,9H2,1-3H3. The maximum Gasteiger partial charge on any atom is 0.252 e. The summed E-state index contributed by atoms with van der Waals surface area (Å²) < 4.78 is 2.76. The summed E-state index contributed by atoms with van der Waals surface area (Å²) in [5, 5.41) is 0.974. The smallest absolute Gasteiger partial charge is 0.252 e. The first-order valence-electron chi connectivity index (χ1n) is 7.44. The fourth-order valence-electron chi connectivity index (χ4n) is 2.58. The van der Waals surface area contributed by atoms with Crippen molar-refractivity contribution in [2.24, 2.45) is 12.0 Å². The summed E-state index contributed by atoms with van der Waals surface area (Å²) in [6.07, 6.45) is 0.288. The average Bonchev–Trinajstić information content (AvgIpc) is 2.84. The normalized spacial score (nSPS) is 12.1. The zero-order chi connectivity index (χ0) is 17.4. The molecule has 3 nitrogen and oxygen atoms in total. The van der Waals surface area contributed by atoms with E-state index in [0.29, 0.717) is 14.8 Å². The topological polar surface area (TPSA) is 34.4 Å². The van der Waals surface area contributed by atoms with E-state index in [4.69, 9.17) is 23.2 Å². The van der Waals surface area contributed by atoms with E-state index in [1.165, 1.54) is 11.3 Å². The molecular weight excluding hydrogens is 363 g/mol. The molecule has 1 aromatic heterocycles. The largest absolute Gasteiger partial charge is 0.318 e. The highest BCUT2D eigenvalue weighted by Crippen LogP contribution is 2.31. The van der Waals surface area contributed by atoms with E-state index in [-0.39, 0.29) is 12.3 Å². The predicted octanol–water partition coefficient (Wildman–Crippen LogP) is 4.83. The molecule has 1 heterocycles. The number of hydrogen-bond donors (Lipinski definition) is 0. The van der Waals surface area contributed by atoms with Gasteiger partial charge in [0.2, 0.25) is 0 Å². The Kier molecular flexibility index (Phi) is 4.81. The van der Waals surface area contributed by atoms with Crippen LogP contribution in [0.15, 0.2) is 35.3 Å². The van der Waals surface area contributed by atoms with Gasteiger partial charge in [0, 0.05) is 7.05 Å². The Hall–Kier alpha value is -1.62. The molecule has 0 saturated carbocycles. The van der Waals surface area contributed by atoms with Crippen LogP contribution in [0.25, 0.3) is 10.2 Å². The number of carbonyl (C=O) groups is 1. The molecule has 0 aliphatic heterocycles. The second-order valence-corrected chi connectivity index (χ2v) is 7.56. The Labute approximate surface area is 154 Å². The fourth-order valence-corrected chi connectivity index (χ4v) is 4.12. The highest BCUT2D eigenvalue weighted by molar-refractivity contribution is 7.16. The summed E-state index contributed by atoms with van der Waals surface area (Å²) in [5.74, 6) is -0.173. The first kappa shape index (κ1) is 17.2. The molecule has 124 valence electrons. The number of fused-ring (bicyclic) bond motifs is 1. The molecule has 0 aliphatic rings. The van der Waals surface area contributed by atoms with E-state index in [9.17, 15) is 4.79 Å². The number of nitrogens with zero attached hydrogens (tertiary/aromatic N) is 2. The lowest BCUT2D eigenvalue weighted by Crippen LogP contribution is -2.14. The van der Waals surface area contributed by atoms with Crippen LogP contribution >= 0.6 is 34.5 Å². The molecular formula is C18H16Cl2N2OS. The molecule has 0 unspecified atom stereocenters. The van der Waals surface area contributed by atoms with Crippen molar-refractivity contribution >= 4 is 50.7 Å². The van der Waals surface area contributed by atoms with Gasteiger partial charge in [-0.25, -0.2) is 0 Å². The second kappa shape index (κ2) is 6.71. The number of benzene rings is 2. The Morgan fingerprint density at radius 3 is 2.71 bits per heavy atom. The lowest BCUT2D eigenvalue weighted by Gasteiger charge is -2.04. The molecule has 0 spiro atoms. The quantitative estimate of drug-likeness (QED) is 0.628. The van der Waals surface area contributed by atoms with Crippen LogP contribution in [-0.4, -0.2) is 10.5 Å². The summed E-state index contributed by atoms with van der Waals surface area (Å²) in [4.78, 5) is 17.3. The second-order valence-electron chi connectivity index (χ2n) is 5.76. The summed E-state index contributed by atoms with van der Waals surface area (Å²) >= 11 is 13.8. The number of carbonyl (C=O) groups excluding carboxylic acids is 1. The van der Waals surface area contributed by atoms with E-state index in [2.05, 4.69) is 4.99 Å². The Morgan fingerprint density at radius 1 is 1.21 bits per heavy atom. The molecule has 0 atom stereocenters. The van der Waals surface area contributed by atoms with E-state index in [1.807, 2.05) is 49.7 Å². The van der Waals surface area contributed by atoms with Crippen molar-refractivity contribution < 1.29 is 4.79 Å². The Balaban J connectivity index is 2.01. The Bertz CT molecular complexity index is 1020. The van der Waals surface area contributed by atoms with Gasteiger partial charge in [0.15, 0.2) is 4.80 Å². The SMILES string of the molecule is Cc1ccc(C)c(CC(=O)N=c2sc3ccc(Cl)c(Cl)c3n2C)c1. The third kappa shape index (κ3) is 3.27. The van der Waals surface area contributed by atoms with Crippen LogP contribution in [0.3, 0.4) is 0 Å². The van der Waals surface area contributed by atoms with Crippen LogP contribution in [-0.2, 0) is 18.3 Å². The van der Waals surface area contributed by atoms with E-state index < -0.39 is 0 Å². The van der Waals surface area contributed by atoms with Crippen molar-refractivity contribution in [3.8, 4) is 0 Å². The first-order valence-corrected chi connectivity index (χ1v) is 9.01. The van der Waals surface area contributed by atoms with Crippen LogP contribution in [0.4, 0.5) is 0 Å². The van der Waals surface area contributed by atoms with E-state index in [1.54, 1.807) is 6.07 Å². The minimum absolute atomic E-state index is 0.173. The van der Waals surface area contributed by atoms with Crippen LogP contribution < -0.4 is 4.80 Å². The number of halogens is 2. The number of aromatic nitrogens is 1. The summed E-state index contributed by atoms with van der Waals surface area (Å²) in [7, 11) is 1.84. The molecule has 6 heteroatoms. The molecule has 24 heavy (non-hydrogen) atoms. The van der Waals surface area contributed by atoms with Gasteiger partial charge in [0.05, 0.1) is 26.7 Å². The minimum Gasteiger partial charge on any atom is -0.318 e. The van der Waals surface area contributed by atoms with E-state index >= 15 is 0 Å². The third-order valence-corrected chi connectivity index (χ3v) is 5.81. The molecule has 0 saturated heterocycles. The van der Waals surface area contributed by atoms with Gasteiger partial charge in [0.25, 0.3) is 5.91 Å². The lowest BCUT2D eigenvalue weighted by molar-refractivity contribution is -0.117. The minimum atomic E-state index is -0.173. The summed E-state index contributed by atoms with van der Waals surface area (Å²) in [6, 6.07) is 9.74. The van der Waals surface area contributed by atoms with Gasteiger partial charge < -0.3 is 4.57 Å².